The van der Waals surface area contributed by atoms with Crippen molar-refractivity contribution in [2.45, 2.75) is 0 Å². The summed E-state index contributed by atoms with van der Waals surface area (Å²) in [6.45, 7) is 0. The summed E-state index contributed by atoms with van der Waals surface area (Å²) >= 11 is 0. The first kappa shape index (κ1) is 8.43. The lowest BCUT2D eigenvalue weighted by molar-refractivity contribution is 0.545. The van der Waals surface area contributed by atoms with Gasteiger partial charge in [-0.05, 0) is 12.1 Å². The Morgan fingerprint density at radius 1 is 1.36 bits per heavy atom. The number of nitrogens with one attached hydrogen (secondary N) is 1. The molecule has 2 aromatic rings. The summed E-state index contributed by atoms with van der Waals surface area (Å²) in [5, 5.41) is 4.17. The van der Waals surface area contributed by atoms with E-state index in [1.165, 1.54) is 0 Å². The number of rotatable bonds is 1. The Morgan fingerprint density at radius 3 is 2.93 bits per heavy atom. The fraction of sp³-hybridized carbons (Fsp3) is 0. The maximum absolute atomic E-state index is 5.34. The van der Waals surface area contributed by atoms with Gasteiger partial charge in [-0.3, -0.25) is 0 Å². The highest BCUT2D eigenvalue weighted by Gasteiger charge is 2.04. The number of fused-ring (bicyclic) bond motifs is 1. The zero-order valence-electron chi connectivity index (χ0n) is 7.40. The van der Waals surface area contributed by atoms with Gasteiger partial charge < -0.3 is 21.3 Å². The van der Waals surface area contributed by atoms with Crippen LogP contribution in [0.2, 0.25) is 0 Å². The summed E-state index contributed by atoms with van der Waals surface area (Å²) in [5.74, 6) is 5.58. The number of H-pyrrole nitrogens is 1. The number of nitrogens with zero attached hydrogens (tertiary/aromatic N) is 1. The maximum atomic E-state index is 5.34. The van der Waals surface area contributed by atoms with Crippen molar-refractivity contribution in [2.75, 3.05) is 0 Å². The molecule has 5 N–H and O–H groups in total. The van der Waals surface area contributed by atoms with E-state index in [2.05, 4.69) is 10.1 Å². The lowest BCUT2D eigenvalue weighted by atomic mass is 10.2. The second-order valence-electron chi connectivity index (χ2n) is 2.77. The maximum Gasteiger partial charge on any atom is 0.309 e. The van der Waals surface area contributed by atoms with E-state index in [0.29, 0.717) is 5.75 Å². The molecule has 0 saturated carbocycles. The molecule has 0 bridgehead atoms. The number of para-hydroxylation sites is 1. The molecule has 1 heterocycles. The van der Waals surface area contributed by atoms with Crippen molar-refractivity contribution in [1.29, 1.82) is 0 Å². The number of ether oxygens (including phenoxy) is 1. The van der Waals surface area contributed by atoms with Crippen molar-refractivity contribution >= 4 is 16.9 Å². The quantitative estimate of drug-likeness (QED) is 0.268. The van der Waals surface area contributed by atoms with Crippen LogP contribution in [0.15, 0.2) is 35.6 Å². The fourth-order valence-corrected chi connectivity index (χ4v) is 1.27. The van der Waals surface area contributed by atoms with Crippen molar-refractivity contribution in [3.05, 3.63) is 30.5 Å². The first-order valence-electron chi connectivity index (χ1n) is 4.08. The van der Waals surface area contributed by atoms with Crippen molar-refractivity contribution in [2.24, 2.45) is 16.7 Å². The minimum atomic E-state index is -0.0604. The predicted octanol–water partition coefficient (Wildman–Crippen LogP) is 0.735. The summed E-state index contributed by atoms with van der Waals surface area (Å²) in [6.07, 6.45) is 1.71. The zero-order valence-corrected chi connectivity index (χ0v) is 7.40. The molecular formula is C9H10N4O. The minimum absolute atomic E-state index is 0.0604. The molecule has 5 nitrogen and oxygen atoms in total. The van der Waals surface area contributed by atoms with Crippen LogP contribution in [0.25, 0.3) is 10.9 Å². The predicted molar refractivity (Wildman–Crippen MR) is 54.7 cm³/mol. The van der Waals surface area contributed by atoms with Crippen LogP contribution in [-0.2, 0) is 0 Å². The van der Waals surface area contributed by atoms with Gasteiger partial charge >= 0.3 is 6.02 Å². The molecule has 0 radical (unpaired) electrons. The van der Waals surface area contributed by atoms with Gasteiger partial charge in [0.25, 0.3) is 0 Å². The molecule has 0 saturated heterocycles. The summed E-state index contributed by atoms with van der Waals surface area (Å²) in [7, 11) is 0. The van der Waals surface area contributed by atoms with Crippen LogP contribution in [0.1, 0.15) is 0 Å². The van der Waals surface area contributed by atoms with Crippen molar-refractivity contribution in [3.8, 4) is 5.75 Å². The van der Waals surface area contributed by atoms with Crippen LogP contribution < -0.4 is 16.3 Å². The van der Waals surface area contributed by atoms with Crippen LogP contribution in [-0.4, -0.2) is 11.0 Å². The fourth-order valence-electron chi connectivity index (χ4n) is 1.27. The normalized spacial score (nSPS) is 11.9. The Morgan fingerprint density at radius 2 is 2.14 bits per heavy atom. The van der Waals surface area contributed by atoms with Gasteiger partial charge in [0.05, 0.1) is 0 Å². The monoisotopic (exact) mass is 190 g/mol. The number of aromatic nitrogens is 1. The van der Waals surface area contributed by atoms with E-state index in [4.69, 9.17) is 16.3 Å². The highest BCUT2D eigenvalue weighted by atomic mass is 16.5. The average molecular weight is 190 g/mol. The SMILES string of the molecule is N/N=C(\N)Oc1c[nH]c2ccccc12. The van der Waals surface area contributed by atoms with Crippen LogP contribution in [0, 0.1) is 0 Å². The molecular weight excluding hydrogens is 180 g/mol. The molecule has 2 rings (SSSR count). The van der Waals surface area contributed by atoms with Crippen molar-refractivity contribution < 1.29 is 4.74 Å². The number of amidine groups is 1. The second-order valence-corrected chi connectivity index (χ2v) is 2.77. The van der Waals surface area contributed by atoms with E-state index in [0.717, 1.165) is 10.9 Å². The number of aromatic amines is 1. The summed E-state index contributed by atoms with van der Waals surface area (Å²) in [6, 6.07) is 7.65. The van der Waals surface area contributed by atoms with Gasteiger partial charge in [0.1, 0.15) is 0 Å². The molecule has 14 heavy (non-hydrogen) atoms. The van der Waals surface area contributed by atoms with Gasteiger partial charge in [-0.2, -0.15) is 0 Å². The molecule has 1 aromatic heterocycles. The lowest BCUT2D eigenvalue weighted by Gasteiger charge is -2.00. The highest BCUT2D eigenvalue weighted by molar-refractivity contribution is 5.88. The highest BCUT2D eigenvalue weighted by Crippen LogP contribution is 2.24. The molecule has 0 atom stereocenters. The first-order chi connectivity index (χ1) is 6.81. The van der Waals surface area contributed by atoms with E-state index in [1.54, 1.807) is 6.20 Å². The summed E-state index contributed by atoms with van der Waals surface area (Å²) in [4.78, 5) is 3.04. The first-order valence-corrected chi connectivity index (χ1v) is 4.08. The zero-order chi connectivity index (χ0) is 9.97. The standard InChI is InChI=1S/C9H10N4O/c10-9(13-11)14-8-5-12-7-4-2-1-3-6(7)8/h1-5,12H,11H2,(H2,10,13). The van der Waals surface area contributed by atoms with Gasteiger partial charge in [0, 0.05) is 17.1 Å². The molecule has 0 spiro atoms. The molecule has 0 aliphatic carbocycles. The molecule has 0 aliphatic rings. The number of hydrogen-bond donors (Lipinski definition) is 3. The molecule has 0 fully saturated rings. The molecule has 1 aromatic carbocycles. The minimum Gasteiger partial charge on any atom is -0.423 e. The average Bonchev–Trinajstić information content (AvgIpc) is 2.62. The molecule has 72 valence electrons. The number of hydrogen-bond acceptors (Lipinski definition) is 3. The Balaban J connectivity index is 2.43. The molecule has 0 amide bonds. The molecule has 5 heteroatoms. The van der Waals surface area contributed by atoms with E-state index in [1.807, 2.05) is 24.3 Å². The van der Waals surface area contributed by atoms with Crippen LogP contribution in [0.3, 0.4) is 0 Å². The molecule has 0 unspecified atom stereocenters. The van der Waals surface area contributed by atoms with Gasteiger partial charge in [-0.25, -0.2) is 0 Å². The van der Waals surface area contributed by atoms with Gasteiger partial charge in [0.15, 0.2) is 5.75 Å². The van der Waals surface area contributed by atoms with Gasteiger partial charge in [-0.1, -0.05) is 12.1 Å². The summed E-state index contributed by atoms with van der Waals surface area (Å²) in [5.41, 5.74) is 6.32. The topological polar surface area (TPSA) is 89.4 Å². The lowest BCUT2D eigenvalue weighted by Crippen LogP contribution is -2.21. The number of nitrogens with two attached hydrogens (primary N) is 2. The van der Waals surface area contributed by atoms with Crippen LogP contribution in [0.4, 0.5) is 0 Å². The Labute approximate surface area is 80.3 Å². The van der Waals surface area contributed by atoms with E-state index >= 15 is 0 Å². The Kier molecular flexibility index (Phi) is 1.98. The smallest absolute Gasteiger partial charge is 0.309 e. The summed E-state index contributed by atoms with van der Waals surface area (Å²) < 4.78 is 5.19. The van der Waals surface area contributed by atoms with E-state index in [-0.39, 0.29) is 6.02 Å². The third kappa shape index (κ3) is 1.35. The second kappa shape index (κ2) is 3.29. The third-order valence-electron chi connectivity index (χ3n) is 1.89. The molecule has 0 aliphatic heterocycles. The van der Waals surface area contributed by atoms with E-state index < -0.39 is 0 Å². The van der Waals surface area contributed by atoms with Crippen molar-refractivity contribution in [1.82, 2.24) is 4.98 Å². The largest absolute Gasteiger partial charge is 0.423 e. The Hall–Kier alpha value is -2.17. The van der Waals surface area contributed by atoms with Crippen molar-refractivity contribution in [3.63, 3.8) is 0 Å². The van der Waals surface area contributed by atoms with Gasteiger partial charge in [0.2, 0.25) is 0 Å². The van der Waals surface area contributed by atoms with E-state index in [9.17, 15) is 0 Å². The Bertz CT molecular complexity index is 474. The van der Waals surface area contributed by atoms with Gasteiger partial charge in [-0.15, -0.1) is 5.10 Å². The van der Waals surface area contributed by atoms with Crippen LogP contribution >= 0.6 is 0 Å². The number of hydrazone groups is 1. The third-order valence-corrected chi connectivity index (χ3v) is 1.89. The van der Waals surface area contributed by atoms with Crippen LogP contribution in [0.5, 0.6) is 5.75 Å². The number of benzene rings is 1.